The molecule has 23 heavy (non-hydrogen) atoms. The van der Waals surface area contributed by atoms with Crippen LogP contribution in [0.4, 0.5) is 0 Å². The summed E-state index contributed by atoms with van der Waals surface area (Å²) in [4.78, 5) is 0. The molecule has 2 N–H and O–H groups in total. The van der Waals surface area contributed by atoms with Crippen molar-refractivity contribution in [1.29, 1.82) is 0 Å². The average molecular weight is 316 g/mol. The summed E-state index contributed by atoms with van der Waals surface area (Å²) >= 11 is 0. The summed E-state index contributed by atoms with van der Waals surface area (Å²) in [7, 11) is 0. The minimum atomic E-state index is -0.0996. The Bertz CT molecular complexity index is 481. The van der Waals surface area contributed by atoms with Gasteiger partial charge in [-0.05, 0) is 73.5 Å². The van der Waals surface area contributed by atoms with E-state index in [1.54, 1.807) is 0 Å². The molecule has 0 unspecified atom stereocenters. The fourth-order valence-corrected chi connectivity index (χ4v) is 5.03. The largest absolute Gasteiger partial charge is 0.508 e. The first-order valence-corrected chi connectivity index (χ1v) is 9.58. The standard InChI is InChI=1S/C21H32O2/c1-2-3-4-5-6-19(23)21-14-11-20(12-15-21,13-16-21)17-7-9-18(22)10-8-17/h7-10,19,22-23H,2-6,11-16H2,1H3/t19-,20?,21?/m0/s1. The van der Waals surface area contributed by atoms with Crippen molar-refractivity contribution in [2.45, 2.75) is 89.1 Å². The van der Waals surface area contributed by atoms with Gasteiger partial charge in [0, 0.05) is 0 Å². The lowest BCUT2D eigenvalue weighted by Gasteiger charge is -2.55. The third-order valence-corrected chi connectivity index (χ3v) is 6.82. The molecule has 1 aromatic carbocycles. The molecule has 0 spiro atoms. The number of fused-ring (bicyclic) bond motifs is 3. The van der Waals surface area contributed by atoms with E-state index in [0.717, 1.165) is 6.42 Å². The second kappa shape index (κ2) is 6.84. The summed E-state index contributed by atoms with van der Waals surface area (Å²) in [5.41, 5.74) is 1.89. The third-order valence-electron chi connectivity index (χ3n) is 6.82. The summed E-state index contributed by atoms with van der Waals surface area (Å²) in [5, 5.41) is 20.3. The highest BCUT2D eigenvalue weighted by molar-refractivity contribution is 5.33. The van der Waals surface area contributed by atoms with Gasteiger partial charge in [0.15, 0.2) is 0 Å². The maximum atomic E-state index is 10.8. The number of aliphatic hydroxyl groups is 1. The molecule has 128 valence electrons. The van der Waals surface area contributed by atoms with Crippen LogP contribution in [-0.4, -0.2) is 16.3 Å². The molecule has 2 nitrogen and oxygen atoms in total. The van der Waals surface area contributed by atoms with Gasteiger partial charge >= 0.3 is 0 Å². The molecular weight excluding hydrogens is 284 g/mol. The lowest BCUT2D eigenvalue weighted by atomic mass is 9.50. The van der Waals surface area contributed by atoms with Crippen molar-refractivity contribution < 1.29 is 10.2 Å². The van der Waals surface area contributed by atoms with Crippen LogP contribution in [0, 0.1) is 5.41 Å². The average Bonchev–Trinajstić information content (AvgIpc) is 2.60. The van der Waals surface area contributed by atoms with Gasteiger partial charge in [0.1, 0.15) is 5.75 Å². The van der Waals surface area contributed by atoms with Crippen LogP contribution in [-0.2, 0) is 5.41 Å². The minimum absolute atomic E-state index is 0.0996. The van der Waals surface area contributed by atoms with Crippen molar-refractivity contribution in [3.63, 3.8) is 0 Å². The zero-order chi connectivity index (χ0) is 16.3. The number of unbranched alkanes of at least 4 members (excludes halogenated alkanes) is 3. The Hall–Kier alpha value is -1.02. The predicted octanol–water partition coefficient (Wildman–Crippen LogP) is 5.32. The van der Waals surface area contributed by atoms with Crippen molar-refractivity contribution in [2.24, 2.45) is 5.41 Å². The van der Waals surface area contributed by atoms with Crippen molar-refractivity contribution in [3.8, 4) is 5.75 Å². The van der Waals surface area contributed by atoms with Gasteiger partial charge in [0.2, 0.25) is 0 Å². The van der Waals surface area contributed by atoms with Gasteiger partial charge in [0.25, 0.3) is 0 Å². The number of aliphatic hydroxyl groups excluding tert-OH is 1. The maximum Gasteiger partial charge on any atom is 0.115 e. The highest BCUT2D eigenvalue weighted by atomic mass is 16.3. The Morgan fingerprint density at radius 2 is 1.52 bits per heavy atom. The summed E-state index contributed by atoms with van der Waals surface area (Å²) in [5.74, 6) is 0.355. The van der Waals surface area contributed by atoms with Gasteiger partial charge in [0.05, 0.1) is 6.10 Å². The minimum Gasteiger partial charge on any atom is -0.508 e. The molecule has 0 amide bonds. The Morgan fingerprint density at radius 1 is 0.913 bits per heavy atom. The quantitative estimate of drug-likeness (QED) is 0.669. The van der Waals surface area contributed by atoms with Crippen LogP contribution in [0.1, 0.15) is 83.1 Å². The van der Waals surface area contributed by atoms with Gasteiger partial charge in [-0.3, -0.25) is 0 Å². The van der Waals surface area contributed by atoms with Crippen LogP contribution in [0.2, 0.25) is 0 Å². The molecule has 3 saturated carbocycles. The lowest BCUT2D eigenvalue weighted by Crippen LogP contribution is -2.49. The monoisotopic (exact) mass is 316 g/mol. The zero-order valence-corrected chi connectivity index (χ0v) is 14.6. The van der Waals surface area contributed by atoms with Crippen molar-refractivity contribution >= 4 is 0 Å². The molecule has 0 radical (unpaired) electrons. The van der Waals surface area contributed by atoms with E-state index in [4.69, 9.17) is 0 Å². The molecule has 0 aliphatic heterocycles. The number of benzene rings is 1. The first kappa shape index (κ1) is 16.8. The number of aromatic hydroxyl groups is 1. The Morgan fingerprint density at radius 3 is 2.09 bits per heavy atom. The molecule has 1 aromatic rings. The molecule has 0 saturated heterocycles. The van der Waals surface area contributed by atoms with Crippen molar-refractivity contribution in [1.82, 2.24) is 0 Å². The molecule has 3 fully saturated rings. The van der Waals surface area contributed by atoms with E-state index in [1.807, 2.05) is 12.1 Å². The number of phenols is 1. The van der Waals surface area contributed by atoms with Crippen molar-refractivity contribution in [3.05, 3.63) is 29.8 Å². The zero-order valence-electron chi connectivity index (χ0n) is 14.6. The summed E-state index contributed by atoms with van der Waals surface area (Å²) < 4.78 is 0. The second-order valence-corrected chi connectivity index (χ2v) is 8.05. The van der Waals surface area contributed by atoms with Crippen LogP contribution in [0.5, 0.6) is 5.75 Å². The van der Waals surface area contributed by atoms with Crippen LogP contribution < -0.4 is 0 Å². The first-order valence-electron chi connectivity index (χ1n) is 9.58. The highest BCUT2D eigenvalue weighted by Crippen LogP contribution is 2.59. The molecule has 3 aliphatic carbocycles. The second-order valence-electron chi connectivity index (χ2n) is 8.05. The van der Waals surface area contributed by atoms with Gasteiger partial charge in [-0.1, -0.05) is 44.7 Å². The molecule has 0 aromatic heterocycles. The highest BCUT2D eigenvalue weighted by Gasteiger charge is 2.51. The van der Waals surface area contributed by atoms with Crippen LogP contribution in [0.3, 0.4) is 0 Å². The van der Waals surface area contributed by atoms with E-state index < -0.39 is 0 Å². The normalized spacial score (nSPS) is 31.2. The third kappa shape index (κ3) is 3.28. The van der Waals surface area contributed by atoms with Gasteiger partial charge in [-0.25, -0.2) is 0 Å². The topological polar surface area (TPSA) is 40.5 Å². The number of rotatable bonds is 7. The summed E-state index contributed by atoms with van der Waals surface area (Å²) in [6.45, 7) is 2.24. The molecule has 0 heterocycles. The Labute approximate surface area is 140 Å². The van der Waals surface area contributed by atoms with Crippen molar-refractivity contribution in [2.75, 3.05) is 0 Å². The van der Waals surface area contributed by atoms with Gasteiger partial charge in [-0.15, -0.1) is 0 Å². The molecule has 4 rings (SSSR count). The van der Waals surface area contributed by atoms with E-state index in [1.165, 1.54) is 69.8 Å². The SMILES string of the molecule is CCCCCC[C@H](O)C12CCC(c3ccc(O)cc3)(CC1)CC2. The van der Waals surface area contributed by atoms with Gasteiger partial charge < -0.3 is 10.2 Å². The van der Waals surface area contributed by atoms with E-state index in [0.29, 0.717) is 11.2 Å². The van der Waals surface area contributed by atoms with E-state index in [9.17, 15) is 10.2 Å². The predicted molar refractivity (Wildman–Crippen MR) is 94.7 cm³/mol. The van der Waals surface area contributed by atoms with Gasteiger partial charge in [-0.2, -0.15) is 0 Å². The number of hydrogen-bond donors (Lipinski definition) is 2. The Balaban J connectivity index is 1.61. The smallest absolute Gasteiger partial charge is 0.115 e. The van der Waals surface area contributed by atoms with Crippen LogP contribution in [0.25, 0.3) is 0 Å². The Kier molecular flexibility index (Phi) is 5.01. The first-order chi connectivity index (χ1) is 11.1. The fraction of sp³-hybridized carbons (Fsp3) is 0.714. The van der Waals surface area contributed by atoms with E-state index in [-0.39, 0.29) is 11.5 Å². The summed E-state index contributed by atoms with van der Waals surface area (Å²) in [6.07, 6.45) is 13.0. The van der Waals surface area contributed by atoms with Crippen LogP contribution in [0.15, 0.2) is 24.3 Å². The van der Waals surface area contributed by atoms with E-state index >= 15 is 0 Å². The molecular formula is C21H32O2. The summed E-state index contributed by atoms with van der Waals surface area (Å²) in [6, 6.07) is 7.86. The van der Waals surface area contributed by atoms with E-state index in [2.05, 4.69) is 19.1 Å². The molecule has 1 atom stereocenters. The fourth-order valence-electron chi connectivity index (χ4n) is 5.03. The van der Waals surface area contributed by atoms with Crippen LogP contribution >= 0.6 is 0 Å². The maximum absolute atomic E-state index is 10.8. The lowest BCUT2D eigenvalue weighted by molar-refractivity contribution is -0.0682. The molecule has 2 bridgehead atoms. The molecule has 2 heteroatoms. The number of hydrogen-bond acceptors (Lipinski definition) is 2. The molecule has 3 aliphatic rings. The number of phenolic OH excluding ortho intramolecular Hbond substituents is 1.